The van der Waals surface area contributed by atoms with Crippen LogP contribution in [0.1, 0.15) is 61.4 Å². The van der Waals surface area contributed by atoms with Crippen molar-refractivity contribution in [1.82, 2.24) is 5.32 Å². The summed E-state index contributed by atoms with van der Waals surface area (Å²) in [5.41, 5.74) is 0.806. The van der Waals surface area contributed by atoms with Crippen LogP contribution < -0.4 is 14.8 Å². The molecule has 2 aromatic rings. The van der Waals surface area contributed by atoms with Gasteiger partial charge in [0, 0.05) is 12.5 Å². The van der Waals surface area contributed by atoms with Crippen LogP contribution in [0.4, 0.5) is 0 Å². The molecule has 2 fully saturated rings. The first-order valence-corrected chi connectivity index (χ1v) is 12.0. The van der Waals surface area contributed by atoms with Gasteiger partial charge in [-0.25, -0.2) is 0 Å². The summed E-state index contributed by atoms with van der Waals surface area (Å²) in [4.78, 5) is 13.0. The molecule has 0 aromatic heterocycles. The Balaban J connectivity index is 1.31. The van der Waals surface area contributed by atoms with Gasteiger partial charge in [0.2, 0.25) is 0 Å². The number of nitrogens with one attached hydrogen (secondary N) is 1. The van der Waals surface area contributed by atoms with E-state index in [1.807, 2.05) is 19.1 Å². The van der Waals surface area contributed by atoms with E-state index in [4.69, 9.17) is 14.2 Å². The maximum Gasteiger partial charge on any atom is 0.255 e. The van der Waals surface area contributed by atoms with Gasteiger partial charge in [-0.2, -0.15) is 0 Å². The minimum atomic E-state index is -0.671. The summed E-state index contributed by atoms with van der Waals surface area (Å²) in [6.45, 7) is 5.49. The van der Waals surface area contributed by atoms with Gasteiger partial charge in [-0.3, -0.25) is 4.79 Å². The lowest BCUT2D eigenvalue weighted by Gasteiger charge is -2.49. The summed E-state index contributed by atoms with van der Waals surface area (Å²) >= 11 is 0. The largest absolute Gasteiger partial charge is 0.486 e. The average Bonchev–Trinajstić information content (AvgIpc) is 2.89. The molecule has 2 aromatic carbocycles. The zero-order valence-electron chi connectivity index (χ0n) is 19.4. The lowest BCUT2D eigenvalue weighted by Crippen LogP contribution is -2.54. The second-order valence-corrected chi connectivity index (χ2v) is 10.2. The molecule has 0 unspecified atom stereocenters. The summed E-state index contributed by atoms with van der Waals surface area (Å²) in [5, 5.41) is 14.5. The molecule has 0 radical (unpaired) electrons. The lowest BCUT2D eigenvalue weighted by molar-refractivity contribution is -0.215. The fourth-order valence-electron chi connectivity index (χ4n) is 5.96. The first kappa shape index (κ1) is 22.2. The van der Waals surface area contributed by atoms with Crippen molar-refractivity contribution in [3.05, 3.63) is 59.7 Å². The van der Waals surface area contributed by atoms with Gasteiger partial charge in [-0.15, -0.1) is 0 Å². The van der Waals surface area contributed by atoms with E-state index in [0.29, 0.717) is 42.7 Å². The zero-order chi connectivity index (χ0) is 23.1. The zero-order valence-corrected chi connectivity index (χ0v) is 19.4. The minimum Gasteiger partial charge on any atom is -0.486 e. The van der Waals surface area contributed by atoms with Crippen LogP contribution in [0.2, 0.25) is 0 Å². The third kappa shape index (κ3) is 4.34. The number of ether oxygens (including phenoxy) is 3. The first-order chi connectivity index (χ1) is 15.9. The van der Waals surface area contributed by atoms with Crippen molar-refractivity contribution < 1.29 is 24.1 Å². The summed E-state index contributed by atoms with van der Waals surface area (Å²) in [6.07, 6.45) is 2.67. The number of fused-ring (bicyclic) bond motifs is 3. The number of para-hydroxylation sites is 1. The molecule has 0 saturated carbocycles. The van der Waals surface area contributed by atoms with Crippen molar-refractivity contribution in [3.63, 3.8) is 0 Å². The molecule has 3 aliphatic rings. The highest BCUT2D eigenvalue weighted by atomic mass is 16.6. The Morgan fingerprint density at radius 1 is 1.06 bits per heavy atom. The molecule has 2 saturated heterocycles. The number of rotatable bonds is 4. The summed E-state index contributed by atoms with van der Waals surface area (Å²) in [6, 6.07) is 15.9. The Bertz CT molecular complexity index is 1010. The lowest BCUT2D eigenvalue weighted by atomic mass is 9.74. The quantitative estimate of drug-likeness (QED) is 0.733. The standard InChI is InChI=1S/C27H33NO5/c1-26-12-11-19(17-28-25(30)21-9-6-10-22-23(21)32-14-13-31-22)24(29)27(2,33-26)16-20(15-26)18-7-4-3-5-8-18/h3-10,19-20,24,29H,11-17H2,1-2H3,(H,28,30)/t19-,20-,24-,26-,27-/m0/s1. The van der Waals surface area contributed by atoms with Crippen molar-refractivity contribution in [2.45, 2.75) is 62.8 Å². The van der Waals surface area contributed by atoms with Crippen LogP contribution in [0.3, 0.4) is 0 Å². The van der Waals surface area contributed by atoms with E-state index in [1.165, 1.54) is 5.56 Å². The highest BCUT2D eigenvalue weighted by Crippen LogP contribution is 2.50. The monoisotopic (exact) mass is 451 g/mol. The fourth-order valence-corrected chi connectivity index (χ4v) is 5.96. The number of benzene rings is 2. The van der Waals surface area contributed by atoms with Crippen molar-refractivity contribution >= 4 is 5.91 Å². The molecule has 0 aliphatic carbocycles. The summed E-state index contributed by atoms with van der Waals surface area (Å²) in [7, 11) is 0. The Kier molecular flexibility index (Phi) is 5.83. The Morgan fingerprint density at radius 2 is 1.85 bits per heavy atom. The molecule has 2 N–H and O–H groups in total. The number of hydrogen-bond donors (Lipinski definition) is 2. The fraction of sp³-hybridized carbons (Fsp3) is 0.519. The first-order valence-electron chi connectivity index (χ1n) is 12.0. The van der Waals surface area contributed by atoms with Crippen molar-refractivity contribution in [2.75, 3.05) is 19.8 Å². The van der Waals surface area contributed by atoms with Crippen molar-refractivity contribution in [1.29, 1.82) is 0 Å². The molecule has 176 valence electrons. The maximum absolute atomic E-state index is 13.0. The second kappa shape index (κ2) is 8.65. The average molecular weight is 452 g/mol. The number of aliphatic hydroxyl groups excluding tert-OH is 1. The van der Waals surface area contributed by atoms with Gasteiger partial charge >= 0.3 is 0 Å². The second-order valence-electron chi connectivity index (χ2n) is 10.2. The predicted molar refractivity (Wildman–Crippen MR) is 125 cm³/mol. The number of carbonyl (C=O) groups excluding carboxylic acids is 1. The molecule has 33 heavy (non-hydrogen) atoms. The van der Waals surface area contributed by atoms with E-state index in [0.717, 1.165) is 25.7 Å². The Labute approximate surface area is 195 Å². The van der Waals surface area contributed by atoms with Gasteiger partial charge in [0.15, 0.2) is 11.5 Å². The van der Waals surface area contributed by atoms with Crippen molar-refractivity contribution in [2.24, 2.45) is 5.92 Å². The van der Waals surface area contributed by atoms with Crippen LogP contribution >= 0.6 is 0 Å². The number of hydrogen-bond acceptors (Lipinski definition) is 5. The van der Waals surface area contributed by atoms with Gasteiger partial charge in [-0.05, 0) is 63.1 Å². The molecule has 6 nitrogen and oxygen atoms in total. The van der Waals surface area contributed by atoms with E-state index in [1.54, 1.807) is 12.1 Å². The highest BCUT2D eigenvalue weighted by Gasteiger charge is 2.52. The summed E-state index contributed by atoms with van der Waals surface area (Å²) < 4.78 is 17.9. The smallest absolute Gasteiger partial charge is 0.255 e. The van der Waals surface area contributed by atoms with E-state index in [2.05, 4.69) is 36.5 Å². The van der Waals surface area contributed by atoms with Crippen LogP contribution in [-0.2, 0) is 4.74 Å². The molecular weight excluding hydrogens is 418 g/mol. The van der Waals surface area contributed by atoms with E-state index >= 15 is 0 Å². The third-order valence-electron chi connectivity index (χ3n) is 7.53. The number of carbonyl (C=O) groups is 1. The van der Waals surface area contributed by atoms with E-state index in [9.17, 15) is 9.90 Å². The molecule has 2 bridgehead atoms. The van der Waals surface area contributed by atoms with Gasteiger partial charge in [-0.1, -0.05) is 36.4 Å². The number of aliphatic hydroxyl groups is 1. The van der Waals surface area contributed by atoms with Crippen LogP contribution in [0.5, 0.6) is 11.5 Å². The van der Waals surface area contributed by atoms with Gasteiger partial charge < -0.3 is 24.6 Å². The van der Waals surface area contributed by atoms with Crippen LogP contribution in [-0.4, -0.2) is 48.1 Å². The Hall–Kier alpha value is -2.57. The summed E-state index contributed by atoms with van der Waals surface area (Å²) in [5.74, 6) is 1.12. The molecular formula is C27H33NO5. The van der Waals surface area contributed by atoms with Crippen LogP contribution in [0.15, 0.2) is 48.5 Å². The molecule has 0 spiro atoms. The maximum atomic E-state index is 13.0. The van der Waals surface area contributed by atoms with Gasteiger partial charge in [0.05, 0.1) is 22.9 Å². The normalized spacial score (nSPS) is 33.1. The molecule has 3 heterocycles. The highest BCUT2D eigenvalue weighted by molar-refractivity contribution is 5.97. The van der Waals surface area contributed by atoms with Crippen LogP contribution in [0, 0.1) is 5.92 Å². The molecule has 3 aliphatic heterocycles. The van der Waals surface area contributed by atoms with Gasteiger partial charge in [0.25, 0.3) is 5.91 Å². The Morgan fingerprint density at radius 3 is 2.67 bits per heavy atom. The molecule has 5 rings (SSSR count). The SMILES string of the molecule is C[C@]12CC[C@@H](CNC(=O)c3cccc4c3OCCO4)[C@H](O)[C@](C)(C[C@@H](c3ccccc3)C1)O2. The third-order valence-corrected chi connectivity index (χ3v) is 7.53. The predicted octanol–water partition coefficient (Wildman–Crippen LogP) is 4.07. The molecule has 6 heteroatoms. The van der Waals surface area contributed by atoms with E-state index in [-0.39, 0.29) is 17.4 Å². The topological polar surface area (TPSA) is 77.0 Å². The van der Waals surface area contributed by atoms with Crippen LogP contribution in [0.25, 0.3) is 0 Å². The number of amides is 1. The van der Waals surface area contributed by atoms with Gasteiger partial charge in [0.1, 0.15) is 13.2 Å². The van der Waals surface area contributed by atoms with Crippen molar-refractivity contribution in [3.8, 4) is 11.5 Å². The van der Waals surface area contributed by atoms with E-state index < -0.39 is 11.7 Å². The molecule has 5 atom stereocenters. The molecule has 1 amide bonds. The minimum absolute atomic E-state index is 0.0907.